The van der Waals surface area contributed by atoms with Crippen molar-refractivity contribution in [2.75, 3.05) is 17.3 Å². The van der Waals surface area contributed by atoms with E-state index in [1.165, 1.54) is 12.2 Å². The number of carbonyl (C=O) groups is 1. The molecule has 1 rings (SSSR count). The van der Waals surface area contributed by atoms with Crippen molar-refractivity contribution in [3.8, 4) is 0 Å². The Balaban J connectivity index is 2.49. The van der Waals surface area contributed by atoms with Crippen LogP contribution in [0, 0.1) is 0 Å². The molecule has 0 saturated heterocycles. The normalized spacial score (nSPS) is 11.6. The molecule has 5 heteroatoms. The Morgan fingerprint density at radius 1 is 1.31 bits per heavy atom. The minimum Gasteiger partial charge on any atom is -0.323 e. The summed E-state index contributed by atoms with van der Waals surface area (Å²) in [7, 11) is -3.06. The number of para-hydroxylation sites is 1. The fourth-order valence-corrected chi connectivity index (χ4v) is 1.48. The first kappa shape index (κ1) is 12.4. The Labute approximate surface area is 94.9 Å². The van der Waals surface area contributed by atoms with E-state index in [2.05, 4.69) is 5.32 Å². The molecule has 16 heavy (non-hydrogen) atoms. The maximum Gasteiger partial charge on any atom is 0.248 e. The highest BCUT2D eigenvalue weighted by molar-refractivity contribution is 7.90. The number of hydrogen-bond acceptors (Lipinski definition) is 3. The van der Waals surface area contributed by atoms with Gasteiger partial charge in [-0.05, 0) is 12.1 Å². The highest BCUT2D eigenvalue weighted by Crippen LogP contribution is 2.04. The molecule has 1 aromatic rings. The summed E-state index contributed by atoms with van der Waals surface area (Å²) in [6.45, 7) is 0. The molecule has 0 spiro atoms. The number of carbonyl (C=O) groups excluding carboxylic acids is 1. The average Bonchev–Trinajstić information content (AvgIpc) is 2.17. The fourth-order valence-electron chi connectivity index (χ4n) is 1.04. The van der Waals surface area contributed by atoms with E-state index in [1.807, 2.05) is 6.07 Å². The first-order chi connectivity index (χ1) is 7.47. The SMILES string of the molecule is CS(=O)(=O)C/C=C/C(=O)Nc1ccccc1. The van der Waals surface area contributed by atoms with Crippen molar-refractivity contribution in [1.29, 1.82) is 0 Å². The van der Waals surface area contributed by atoms with Crippen molar-refractivity contribution < 1.29 is 13.2 Å². The van der Waals surface area contributed by atoms with Crippen molar-refractivity contribution in [2.24, 2.45) is 0 Å². The summed E-state index contributed by atoms with van der Waals surface area (Å²) in [4.78, 5) is 11.3. The molecule has 0 aromatic heterocycles. The molecule has 4 nitrogen and oxygen atoms in total. The maximum absolute atomic E-state index is 11.3. The van der Waals surface area contributed by atoms with Gasteiger partial charge >= 0.3 is 0 Å². The van der Waals surface area contributed by atoms with Crippen LogP contribution in [0.2, 0.25) is 0 Å². The predicted molar refractivity (Wildman–Crippen MR) is 63.9 cm³/mol. The predicted octanol–water partition coefficient (Wildman–Crippen LogP) is 1.23. The third kappa shape index (κ3) is 5.31. The van der Waals surface area contributed by atoms with Crippen LogP contribution < -0.4 is 5.32 Å². The summed E-state index contributed by atoms with van der Waals surface area (Å²) in [5, 5.41) is 2.61. The van der Waals surface area contributed by atoms with Gasteiger partial charge in [0.1, 0.15) is 0 Å². The van der Waals surface area contributed by atoms with Crippen LogP contribution in [0.25, 0.3) is 0 Å². The van der Waals surface area contributed by atoms with E-state index in [-0.39, 0.29) is 11.7 Å². The van der Waals surface area contributed by atoms with Crippen molar-refractivity contribution in [1.82, 2.24) is 0 Å². The van der Waals surface area contributed by atoms with Gasteiger partial charge in [0.25, 0.3) is 0 Å². The van der Waals surface area contributed by atoms with E-state index in [0.717, 1.165) is 6.26 Å². The Bertz CT molecular complexity index is 477. The van der Waals surface area contributed by atoms with E-state index in [4.69, 9.17) is 0 Å². The Morgan fingerprint density at radius 3 is 2.50 bits per heavy atom. The zero-order chi connectivity index (χ0) is 12.0. The van der Waals surface area contributed by atoms with Crippen LogP contribution in [0.15, 0.2) is 42.5 Å². The van der Waals surface area contributed by atoms with Crippen molar-refractivity contribution in [2.45, 2.75) is 0 Å². The molecule has 0 unspecified atom stereocenters. The lowest BCUT2D eigenvalue weighted by molar-refractivity contribution is -0.111. The first-order valence-corrected chi connectivity index (χ1v) is 6.74. The molecular formula is C11H13NO3S. The van der Waals surface area contributed by atoms with Crippen LogP contribution in [0.4, 0.5) is 5.69 Å². The Kier molecular flexibility index (Phi) is 4.25. The van der Waals surface area contributed by atoms with Gasteiger partial charge in [0, 0.05) is 18.0 Å². The third-order valence-corrected chi connectivity index (χ3v) is 2.51. The van der Waals surface area contributed by atoms with Gasteiger partial charge in [-0.15, -0.1) is 0 Å². The quantitative estimate of drug-likeness (QED) is 0.804. The van der Waals surface area contributed by atoms with Crippen molar-refractivity contribution >= 4 is 21.4 Å². The second kappa shape index (κ2) is 5.46. The molecule has 0 aliphatic rings. The monoisotopic (exact) mass is 239 g/mol. The van der Waals surface area contributed by atoms with E-state index in [9.17, 15) is 13.2 Å². The van der Waals surface area contributed by atoms with Gasteiger partial charge in [-0.2, -0.15) is 0 Å². The van der Waals surface area contributed by atoms with Gasteiger partial charge in [0.05, 0.1) is 5.75 Å². The lowest BCUT2D eigenvalue weighted by Gasteiger charge is -2.00. The molecule has 0 fully saturated rings. The summed E-state index contributed by atoms with van der Waals surface area (Å²) in [6, 6.07) is 8.95. The lowest BCUT2D eigenvalue weighted by Crippen LogP contribution is -2.08. The molecular weight excluding hydrogens is 226 g/mol. The van der Waals surface area contributed by atoms with Crippen LogP contribution in [0.5, 0.6) is 0 Å². The van der Waals surface area contributed by atoms with Crippen LogP contribution in [-0.2, 0) is 14.6 Å². The van der Waals surface area contributed by atoms with Crippen LogP contribution in [0.3, 0.4) is 0 Å². The molecule has 0 heterocycles. The summed E-state index contributed by atoms with van der Waals surface area (Å²) < 4.78 is 21.6. The number of rotatable bonds is 4. The largest absolute Gasteiger partial charge is 0.323 e. The highest BCUT2D eigenvalue weighted by Gasteiger charge is 1.99. The molecule has 1 aromatic carbocycles. The third-order valence-electron chi connectivity index (χ3n) is 1.71. The number of nitrogens with one attached hydrogen (secondary N) is 1. The zero-order valence-electron chi connectivity index (χ0n) is 8.88. The second-order valence-corrected chi connectivity index (χ2v) is 5.53. The molecule has 1 N–H and O–H groups in total. The second-order valence-electron chi connectivity index (χ2n) is 3.35. The smallest absolute Gasteiger partial charge is 0.248 e. The first-order valence-electron chi connectivity index (χ1n) is 4.68. The standard InChI is InChI=1S/C11H13NO3S/c1-16(14,15)9-5-8-11(13)12-10-6-3-2-4-7-10/h2-8H,9H2,1H3,(H,12,13)/b8-5+. The van der Waals surface area contributed by atoms with Gasteiger partial charge in [-0.3, -0.25) is 4.79 Å². The van der Waals surface area contributed by atoms with Crippen molar-refractivity contribution in [3.63, 3.8) is 0 Å². The van der Waals surface area contributed by atoms with Crippen LogP contribution in [0.1, 0.15) is 0 Å². The highest BCUT2D eigenvalue weighted by atomic mass is 32.2. The Morgan fingerprint density at radius 2 is 1.94 bits per heavy atom. The van der Waals surface area contributed by atoms with Crippen LogP contribution >= 0.6 is 0 Å². The number of anilines is 1. The summed E-state index contributed by atoms with van der Waals surface area (Å²) in [5.74, 6) is -0.468. The van der Waals surface area contributed by atoms with Gasteiger partial charge in [-0.1, -0.05) is 24.3 Å². The minimum absolute atomic E-state index is 0.130. The van der Waals surface area contributed by atoms with Gasteiger partial charge in [-0.25, -0.2) is 8.42 Å². The minimum atomic E-state index is -3.06. The summed E-state index contributed by atoms with van der Waals surface area (Å²) in [6.07, 6.45) is 3.66. The molecule has 0 radical (unpaired) electrons. The zero-order valence-corrected chi connectivity index (χ0v) is 9.70. The van der Waals surface area contributed by atoms with E-state index in [0.29, 0.717) is 5.69 Å². The van der Waals surface area contributed by atoms with Gasteiger partial charge in [0.15, 0.2) is 9.84 Å². The Hall–Kier alpha value is -1.62. The average molecular weight is 239 g/mol. The van der Waals surface area contributed by atoms with E-state index >= 15 is 0 Å². The van der Waals surface area contributed by atoms with E-state index < -0.39 is 9.84 Å². The van der Waals surface area contributed by atoms with Crippen LogP contribution in [-0.4, -0.2) is 26.3 Å². The molecule has 0 aliphatic carbocycles. The number of benzene rings is 1. The molecule has 1 amide bonds. The van der Waals surface area contributed by atoms with Crippen molar-refractivity contribution in [3.05, 3.63) is 42.5 Å². The van der Waals surface area contributed by atoms with Gasteiger partial charge in [0.2, 0.25) is 5.91 Å². The van der Waals surface area contributed by atoms with E-state index in [1.54, 1.807) is 24.3 Å². The molecule has 0 atom stereocenters. The maximum atomic E-state index is 11.3. The number of amides is 1. The summed E-state index contributed by atoms with van der Waals surface area (Å²) >= 11 is 0. The summed E-state index contributed by atoms with van der Waals surface area (Å²) in [5.41, 5.74) is 0.677. The molecule has 0 bridgehead atoms. The molecule has 0 aliphatic heterocycles. The fraction of sp³-hybridized carbons (Fsp3) is 0.182. The van der Waals surface area contributed by atoms with Gasteiger partial charge < -0.3 is 5.32 Å². The number of hydrogen-bond donors (Lipinski definition) is 1. The topological polar surface area (TPSA) is 63.2 Å². The lowest BCUT2D eigenvalue weighted by atomic mass is 10.3. The molecule has 86 valence electrons. The molecule has 0 saturated carbocycles. The number of sulfone groups is 1.